The molecule has 3 aliphatic rings. The average molecular weight is 515 g/mol. The van der Waals surface area contributed by atoms with Crippen molar-refractivity contribution < 1.29 is 28.2 Å². The number of nitriles is 1. The van der Waals surface area contributed by atoms with Crippen LogP contribution in [-0.4, -0.2) is 52.1 Å². The van der Waals surface area contributed by atoms with E-state index in [1.807, 2.05) is 6.07 Å². The molecule has 1 saturated heterocycles. The van der Waals surface area contributed by atoms with Crippen LogP contribution in [0.25, 0.3) is 10.9 Å². The van der Waals surface area contributed by atoms with E-state index in [4.69, 9.17) is 4.74 Å². The normalized spacial score (nSPS) is 24.0. The van der Waals surface area contributed by atoms with Crippen molar-refractivity contribution in [3.63, 3.8) is 0 Å². The maximum absolute atomic E-state index is 15.5. The highest BCUT2D eigenvalue weighted by molar-refractivity contribution is 5.96. The van der Waals surface area contributed by atoms with Gasteiger partial charge in [0, 0.05) is 37.2 Å². The summed E-state index contributed by atoms with van der Waals surface area (Å²) in [5, 5.41) is 22.3. The molecule has 2 aromatic rings. The number of ether oxygens (including phenoxy) is 1. The van der Waals surface area contributed by atoms with Gasteiger partial charge in [-0.25, -0.2) is 18.4 Å². The predicted octanol–water partition coefficient (Wildman–Crippen LogP) is 3.88. The Labute approximate surface area is 211 Å². The fourth-order valence-corrected chi connectivity index (χ4v) is 5.44. The van der Waals surface area contributed by atoms with Gasteiger partial charge >= 0.3 is 12.1 Å². The van der Waals surface area contributed by atoms with Crippen LogP contribution < -0.4 is 15.6 Å². The van der Waals surface area contributed by atoms with Gasteiger partial charge in [-0.1, -0.05) is 0 Å². The lowest BCUT2D eigenvalue weighted by Crippen LogP contribution is -2.45. The average Bonchev–Trinajstić information content (AvgIpc) is 3.68. The van der Waals surface area contributed by atoms with Gasteiger partial charge in [0.05, 0.1) is 22.6 Å². The van der Waals surface area contributed by atoms with Crippen molar-refractivity contribution in [2.75, 3.05) is 18.0 Å². The third-order valence-electron chi connectivity index (χ3n) is 7.45. The number of rotatable bonds is 5. The lowest BCUT2D eigenvalue weighted by molar-refractivity contribution is 0.0477. The summed E-state index contributed by atoms with van der Waals surface area (Å²) < 4.78 is 36.3. The summed E-state index contributed by atoms with van der Waals surface area (Å²) in [5.74, 6) is -2.35. The maximum atomic E-state index is 15.5. The number of nitrogens with zero attached hydrogens (tertiary/aromatic N) is 3. The number of carboxylic acid groups (broad SMARTS) is 1. The molecule has 1 amide bonds. The van der Waals surface area contributed by atoms with Crippen molar-refractivity contribution in [3.8, 4) is 6.07 Å². The molecule has 37 heavy (non-hydrogen) atoms. The molecular formula is C26H28F2N4O5. The minimum atomic E-state index is -1.51. The molecule has 1 aromatic heterocycles. The standard InChI is InChI=1S/C26H28F2N4O5/c1-25(2,3)37-24(36)30-26(5-6-26)13-4-7-31(11-13)21-15(10-29)20-14(8-18(21)28)22(33)16(23(34)35)12-32(20)19-9-17(19)27/h8,12-13,17,19H,4-7,9,11H2,1-3H3,(H,30,36)(H,34,35)/t13-,17+,19?/m1/s1. The summed E-state index contributed by atoms with van der Waals surface area (Å²) in [6.45, 7) is 6.11. The molecule has 2 saturated carbocycles. The third kappa shape index (κ3) is 4.38. The van der Waals surface area contributed by atoms with Gasteiger partial charge in [-0.2, -0.15) is 5.26 Å². The van der Waals surface area contributed by atoms with Crippen LogP contribution in [0, 0.1) is 23.1 Å². The maximum Gasteiger partial charge on any atom is 0.408 e. The molecule has 3 atom stereocenters. The number of carboxylic acids is 1. The van der Waals surface area contributed by atoms with Crippen molar-refractivity contribution in [3.05, 3.63) is 39.4 Å². The number of anilines is 1. The fourth-order valence-electron chi connectivity index (χ4n) is 5.44. The highest BCUT2D eigenvalue weighted by Gasteiger charge is 2.53. The molecule has 2 N–H and O–H groups in total. The van der Waals surface area contributed by atoms with Gasteiger partial charge in [0.25, 0.3) is 0 Å². The summed E-state index contributed by atoms with van der Waals surface area (Å²) in [5.41, 5.74) is -2.73. The number of nitrogens with one attached hydrogen (secondary N) is 1. The van der Waals surface area contributed by atoms with Crippen LogP contribution in [0.15, 0.2) is 17.1 Å². The van der Waals surface area contributed by atoms with E-state index >= 15 is 4.39 Å². The van der Waals surface area contributed by atoms with Crippen LogP contribution in [0.4, 0.5) is 19.3 Å². The van der Waals surface area contributed by atoms with Crippen LogP contribution in [-0.2, 0) is 4.74 Å². The largest absolute Gasteiger partial charge is 0.477 e. The number of hydrogen-bond donors (Lipinski definition) is 2. The van der Waals surface area contributed by atoms with E-state index in [1.54, 1.807) is 25.7 Å². The first-order valence-corrected chi connectivity index (χ1v) is 12.3. The zero-order valence-electron chi connectivity index (χ0n) is 20.8. The van der Waals surface area contributed by atoms with E-state index in [9.17, 15) is 29.1 Å². The van der Waals surface area contributed by atoms with Crippen molar-refractivity contribution in [2.24, 2.45) is 5.92 Å². The lowest BCUT2D eigenvalue weighted by atomic mass is 9.96. The van der Waals surface area contributed by atoms with Crippen molar-refractivity contribution in [2.45, 2.75) is 69.8 Å². The first kappa shape index (κ1) is 25.0. The number of carbonyl (C=O) groups is 2. The number of alkyl carbamates (subject to hydrolysis) is 1. The highest BCUT2D eigenvalue weighted by atomic mass is 19.1. The number of benzene rings is 1. The summed E-state index contributed by atoms with van der Waals surface area (Å²) in [6.07, 6.45) is 1.55. The Balaban J connectivity index is 1.52. The molecule has 0 spiro atoms. The molecule has 196 valence electrons. The van der Waals surface area contributed by atoms with E-state index in [-0.39, 0.29) is 34.5 Å². The van der Waals surface area contributed by atoms with E-state index < -0.39 is 52.2 Å². The Morgan fingerprint density at radius 1 is 1.32 bits per heavy atom. The molecule has 1 unspecified atom stereocenters. The van der Waals surface area contributed by atoms with E-state index in [0.29, 0.717) is 19.5 Å². The van der Waals surface area contributed by atoms with Crippen LogP contribution in [0.5, 0.6) is 0 Å². The molecule has 5 rings (SSSR count). The summed E-state index contributed by atoms with van der Waals surface area (Å²) in [4.78, 5) is 38.6. The quantitative estimate of drug-likeness (QED) is 0.621. The van der Waals surface area contributed by atoms with Gasteiger partial charge < -0.3 is 24.6 Å². The van der Waals surface area contributed by atoms with Gasteiger partial charge in [-0.15, -0.1) is 0 Å². The Morgan fingerprint density at radius 3 is 2.54 bits per heavy atom. The van der Waals surface area contributed by atoms with Crippen molar-refractivity contribution in [1.29, 1.82) is 5.26 Å². The van der Waals surface area contributed by atoms with Crippen LogP contribution in [0.3, 0.4) is 0 Å². The van der Waals surface area contributed by atoms with E-state index in [0.717, 1.165) is 25.1 Å². The second kappa shape index (κ2) is 8.43. The number of aromatic nitrogens is 1. The molecular weight excluding hydrogens is 486 g/mol. The Morgan fingerprint density at radius 2 is 2.00 bits per heavy atom. The summed E-state index contributed by atoms with van der Waals surface area (Å²) in [6, 6.07) is 2.22. The minimum absolute atomic E-state index is 0.00199. The van der Waals surface area contributed by atoms with Gasteiger partial charge in [-0.05, 0) is 46.1 Å². The molecule has 3 fully saturated rings. The Hall–Kier alpha value is -3.68. The first-order chi connectivity index (χ1) is 17.3. The summed E-state index contributed by atoms with van der Waals surface area (Å²) in [7, 11) is 0. The van der Waals surface area contributed by atoms with Gasteiger partial charge in [-0.3, -0.25) is 4.79 Å². The van der Waals surface area contributed by atoms with Crippen LogP contribution >= 0.6 is 0 Å². The molecule has 0 bridgehead atoms. The van der Waals surface area contributed by atoms with Gasteiger partial charge in [0.2, 0.25) is 5.43 Å². The number of carbonyl (C=O) groups excluding carboxylic acids is 1. The monoisotopic (exact) mass is 514 g/mol. The molecule has 1 aliphatic heterocycles. The Kier molecular flexibility index (Phi) is 5.69. The van der Waals surface area contributed by atoms with Crippen molar-refractivity contribution >= 4 is 28.7 Å². The Bertz CT molecular complexity index is 1420. The van der Waals surface area contributed by atoms with Crippen LogP contribution in [0.2, 0.25) is 0 Å². The van der Waals surface area contributed by atoms with Gasteiger partial charge in [0.15, 0.2) is 0 Å². The van der Waals surface area contributed by atoms with E-state index in [2.05, 4.69) is 5.32 Å². The molecule has 9 nitrogen and oxygen atoms in total. The number of aromatic carboxylic acids is 1. The highest BCUT2D eigenvalue weighted by Crippen LogP contribution is 2.48. The predicted molar refractivity (Wildman–Crippen MR) is 130 cm³/mol. The molecule has 1 aromatic carbocycles. The number of halogens is 2. The van der Waals surface area contributed by atoms with Gasteiger partial charge in [0.1, 0.15) is 34.8 Å². The second-order valence-electron chi connectivity index (χ2n) is 11.2. The molecule has 0 radical (unpaired) electrons. The number of fused-ring (bicyclic) bond motifs is 1. The number of amides is 1. The van der Waals surface area contributed by atoms with Crippen LogP contribution in [0.1, 0.15) is 68.4 Å². The van der Waals surface area contributed by atoms with E-state index in [1.165, 1.54) is 4.57 Å². The topological polar surface area (TPSA) is 125 Å². The first-order valence-electron chi connectivity index (χ1n) is 12.3. The lowest BCUT2D eigenvalue weighted by Gasteiger charge is -2.28. The zero-order chi connectivity index (χ0) is 26.9. The summed E-state index contributed by atoms with van der Waals surface area (Å²) >= 11 is 0. The second-order valence-corrected chi connectivity index (χ2v) is 11.2. The number of hydrogen-bond acceptors (Lipinski definition) is 6. The molecule has 2 heterocycles. The zero-order valence-corrected chi connectivity index (χ0v) is 20.8. The number of pyridine rings is 1. The molecule has 2 aliphatic carbocycles. The third-order valence-corrected chi connectivity index (χ3v) is 7.45. The fraction of sp³-hybridized carbons (Fsp3) is 0.538. The molecule has 11 heteroatoms. The minimum Gasteiger partial charge on any atom is -0.477 e. The van der Waals surface area contributed by atoms with Crippen molar-refractivity contribution in [1.82, 2.24) is 9.88 Å². The SMILES string of the molecule is CC(C)(C)OC(=O)NC1([C@@H]2CCN(c3c(F)cc4c(=O)c(C(=O)O)cn(C5C[C@@H]5F)c4c3C#N)C2)CC1. The number of alkyl halides is 1. The smallest absolute Gasteiger partial charge is 0.408 e.